The lowest BCUT2D eigenvalue weighted by Crippen LogP contribution is -2.15. The minimum Gasteiger partial charge on any atom is -0.469 e. The van der Waals surface area contributed by atoms with E-state index in [0.717, 1.165) is 25.7 Å². The first-order valence-electron chi connectivity index (χ1n) is 6.96. The van der Waals surface area contributed by atoms with Crippen LogP contribution in [0.15, 0.2) is 12.2 Å². The summed E-state index contributed by atoms with van der Waals surface area (Å²) in [6.45, 7) is 7.98. The monoisotopic (exact) mass is 270 g/mol. The van der Waals surface area contributed by atoms with Crippen LogP contribution < -0.4 is 0 Å². The first-order valence-corrected chi connectivity index (χ1v) is 6.96. The van der Waals surface area contributed by atoms with Gasteiger partial charge in [-0.2, -0.15) is 0 Å². The van der Waals surface area contributed by atoms with Gasteiger partial charge in [0, 0.05) is 12.0 Å². The number of unbranched alkanes of at least 4 members (excludes halogenated alkanes) is 2. The second kappa shape index (κ2) is 10.6. The van der Waals surface area contributed by atoms with E-state index in [1.54, 1.807) is 6.92 Å². The van der Waals surface area contributed by atoms with E-state index >= 15 is 0 Å². The van der Waals surface area contributed by atoms with Crippen molar-refractivity contribution in [1.29, 1.82) is 0 Å². The Morgan fingerprint density at radius 3 is 2.37 bits per heavy atom. The summed E-state index contributed by atoms with van der Waals surface area (Å²) in [6, 6.07) is 0. The van der Waals surface area contributed by atoms with Gasteiger partial charge in [-0.3, -0.25) is 4.79 Å². The van der Waals surface area contributed by atoms with Gasteiger partial charge in [-0.15, -0.1) is 0 Å². The van der Waals surface area contributed by atoms with Gasteiger partial charge in [0.2, 0.25) is 0 Å². The van der Waals surface area contributed by atoms with E-state index in [4.69, 9.17) is 9.47 Å². The molecule has 0 heterocycles. The molecule has 0 aliphatic carbocycles. The zero-order valence-corrected chi connectivity index (χ0v) is 12.4. The summed E-state index contributed by atoms with van der Waals surface area (Å²) < 4.78 is 9.60. The Kier molecular flexibility index (Phi) is 9.85. The molecule has 0 fully saturated rings. The lowest BCUT2D eigenvalue weighted by atomic mass is 9.91. The number of hydrogen-bond acceptors (Lipinski definition) is 4. The molecule has 0 saturated heterocycles. The van der Waals surface area contributed by atoms with Gasteiger partial charge in [0.15, 0.2) is 0 Å². The fourth-order valence-corrected chi connectivity index (χ4v) is 1.94. The van der Waals surface area contributed by atoms with Crippen molar-refractivity contribution in [2.75, 3.05) is 13.7 Å². The molecule has 19 heavy (non-hydrogen) atoms. The lowest BCUT2D eigenvalue weighted by Gasteiger charge is -2.16. The molecule has 0 bridgehead atoms. The maximum absolute atomic E-state index is 11.5. The van der Waals surface area contributed by atoms with Gasteiger partial charge < -0.3 is 9.47 Å². The van der Waals surface area contributed by atoms with E-state index in [1.165, 1.54) is 7.11 Å². The molecule has 110 valence electrons. The predicted molar refractivity (Wildman–Crippen MR) is 74.7 cm³/mol. The minimum absolute atomic E-state index is 0.107. The first-order chi connectivity index (χ1) is 9.04. The second-order valence-corrected chi connectivity index (χ2v) is 4.67. The summed E-state index contributed by atoms with van der Waals surface area (Å²) in [7, 11) is 1.38. The SMILES string of the molecule is C=C(CC(CCCCC)CC(=O)OC)C(=O)OCC. The van der Waals surface area contributed by atoms with E-state index in [0.29, 0.717) is 25.0 Å². The highest BCUT2D eigenvalue weighted by molar-refractivity contribution is 5.87. The van der Waals surface area contributed by atoms with Crippen LogP contribution in [-0.2, 0) is 19.1 Å². The smallest absolute Gasteiger partial charge is 0.333 e. The number of carbonyl (C=O) groups excluding carboxylic acids is 2. The second-order valence-electron chi connectivity index (χ2n) is 4.67. The quantitative estimate of drug-likeness (QED) is 0.347. The molecule has 0 aliphatic heterocycles. The summed E-state index contributed by atoms with van der Waals surface area (Å²) >= 11 is 0. The third kappa shape index (κ3) is 8.41. The van der Waals surface area contributed by atoms with Crippen molar-refractivity contribution in [2.24, 2.45) is 5.92 Å². The first kappa shape index (κ1) is 17.7. The van der Waals surface area contributed by atoms with E-state index < -0.39 is 0 Å². The van der Waals surface area contributed by atoms with Crippen molar-refractivity contribution in [3.8, 4) is 0 Å². The maximum Gasteiger partial charge on any atom is 0.333 e. The number of carbonyl (C=O) groups is 2. The van der Waals surface area contributed by atoms with Gasteiger partial charge >= 0.3 is 11.9 Å². The van der Waals surface area contributed by atoms with Gasteiger partial charge in [-0.05, 0) is 25.7 Å². The molecular weight excluding hydrogens is 244 g/mol. The summed E-state index contributed by atoms with van der Waals surface area (Å²) in [6.07, 6.45) is 5.04. The molecule has 0 radical (unpaired) electrons. The standard InChI is InChI=1S/C15H26O4/c1-5-7-8-9-13(11-14(16)18-4)10-12(3)15(17)19-6-2/h13H,3,5-11H2,1-2,4H3. The van der Waals surface area contributed by atoms with Gasteiger partial charge in [-0.25, -0.2) is 4.79 Å². The van der Waals surface area contributed by atoms with E-state index in [-0.39, 0.29) is 17.9 Å². The minimum atomic E-state index is -0.368. The van der Waals surface area contributed by atoms with Crippen LogP contribution in [0.25, 0.3) is 0 Å². The Balaban J connectivity index is 4.34. The fraction of sp³-hybridized carbons (Fsp3) is 0.733. The highest BCUT2D eigenvalue weighted by Crippen LogP contribution is 2.22. The van der Waals surface area contributed by atoms with Crippen LogP contribution in [0.4, 0.5) is 0 Å². The number of rotatable bonds is 10. The van der Waals surface area contributed by atoms with Crippen molar-refractivity contribution in [3.05, 3.63) is 12.2 Å². The van der Waals surface area contributed by atoms with Gasteiger partial charge in [0.05, 0.1) is 13.7 Å². The van der Waals surface area contributed by atoms with Crippen molar-refractivity contribution in [1.82, 2.24) is 0 Å². The van der Waals surface area contributed by atoms with Crippen LogP contribution in [0.2, 0.25) is 0 Å². The summed E-state index contributed by atoms with van der Waals surface area (Å²) in [5, 5.41) is 0. The van der Waals surface area contributed by atoms with Crippen molar-refractivity contribution >= 4 is 11.9 Å². The third-order valence-electron chi connectivity index (χ3n) is 3.00. The molecule has 1 atom stereocenters. The van der Waals surface area contributed by atoms with Crippen molar-refractivity contribution in [2.45, 2.75) is 52.4 Å². The third-order valence-corrected chi connectivity index (χ3v) is 3.00. The fourth-order valence-electron chi connectivity index (χ4n) is 1.94. The molecule has 0 N–H and O–H groups in total. The highest BCUT2D eigenvalue weighted by Gasteiger charge is 2.18. The van der Waals surface area contributed by atoms with Crippen LogP contribution in [-0.4, -0.2) is 25.7 Å². The molecule has 4 heteroatoms. The Hall–Kier alpha value is -1.32. The molecule has 0 spiro atoms. The maximum atomic E-state index is 11.5. The Bertz CT molecular complexity index is 297. The van der Waals surface area contributed by atoms with E-state index in [2.05, 4.69) is 13.5 Å². The van der Waals surface area contributed by atoms with Gasteiger partial charge in [0.25, 0.3) is 0 Å². The van der Waals surface area contributed by atoms with Crippen LogP contribution in [0.3, 0.4) is 0 Å². The lowest BCUT2D eigenvalue weighted by molar-refractivity contribution is -0.142. The summed E-state index contributed by atoms with van der Waals surface area (Å²) in [5.74, 6) is -0.498. The highest BCUT2D eigenvalue weighted by atomic mass is 16.5. The zero-order chi connectivity index (χ0) is 14.7. The van der Waals surface area contributed by atoms with Gasteiger partial charge in [-0.1, -0.05) is 32.8 Å². The molecule has 0 rings (SSSR count). The van der Waals surface area contributed by atoms with Crippen LogP contribution in [0, 0.1) is 5.92 Å². The number of ether oxygens (including phenoxy) is 2. The van der Waals surface area contributed by atoms with Crippen LogP contribution in [0.5, 0.6) is 0 Å². The average molecular weight is 270 g/mol. The van der Waals surface area contributed by atoms with E-state index in [1.807, 2.05) is 0 Å². The molecule has 0 saturated carbocycles. The number of hydrogen-bond donors (Lipinski definition) is 0. The molecule has 4 nitrogen and oxygen atoms in total. The van der Waals surface area contributed by atoms with Crippen molar-refractivity contribution in [3.63, 3.8) is 0 Å². The van der Waals surface area contributed by atoms with Gasteiger partial charge in [0.1, 0.15) is 0 Å². The predicted octanol–water partition coefficient (Wildman–Crippen LogP) is 3.26. The van der Waals surface area contributed by atoms with Crippen molar-refractivity contribution < 1.29 is 19.1 Å². The van der Waals surface area contributed by atoms with Crippen LogP contribution in [0.1, 0.15) is 52.4 Å². The zero-order valence-electron chi connectivity index (χ0n) is 12.4. The molecule has 0 aliphatic rings. The Morgan fingerprint density at radius 2 is 1.84 bits per heavy atom. The molecule has 1 unspecified atom stereocenters. The topological polar surface area (TPSA) is 52.6 Å². The molecular formula is C15H26O4. The molecule has 0 amide bonds. The van der Waals surface area contributed by atoms with Crippen LogP contribution >= 0.6 is 0 Å². The Morgan fingerprint density at radius 1 is 1.16 bits per heavy atom. The molecule has 0 aromatic rings. The molecule has 0 aromatic heterocycles. The summed E-state index contributed by atoms with van der Waals surface area (Å²) in [4.78, 5) is 22.9. The number of esters is 2. The Labute approximate surface area is 116 Å². The largest absolute Gasteiger partial charge is 0.469 e. The summed E-state index contributed by atoms with van der Waals surface area (Å²) in [5.41, 5.74) is 0.437. The number of methoxy groups -OCH3 is 1. The van der Waals surface area contributed by atoms with E-state index in [9.17, 15) is 9.59 Å². The molecule has 0 aromatic carbocycles. The normalized spacial score (nSPS) is 11.7. The average Bonchev–Trinajstić information content (AvgIpc) is 2.38.